The fourth-order valence-corrected chi connectivity index (χ4v) is 2.27. The van der Waals surface area contributed by atoms with Crippen LogP contribution in [0.5, 0.6) is 5.75 Å². The van der Waals surface area contributed by atoms with Crippen LogP contribution in [0.4, 0.5) is 5.69 Å². The topological polar surface area (TPSA) is 67.4 Å². The van der Waals surface area contributed by atoms with Gasteiger partial charge in [-0.2, -0.15) is 0 Å². The smallest absolute Gasteiger partial charge is 0.244 e. The Kier molecular flexibility index (Phi) is 6.86. The van der Waals surface area contributed by atoms with Crippen LogP contribution in [0.15, 0.2) is 48.5 Å². The highest BCUT2D eigenvalue weighted by Crippen LogP contribution is 2.23. The molecule has 7 heteroatoms. The number of benzene rings is 2. The first-order chi connectivity index (χ1) is 12.0. The van der Waals surface area contributed by atoms with Gasteiger partial charge in [-0.05, 0) is 48.5 Å². The van der Waals surface area contributed by atoms with Gasteiger partial charge in [-0.25, -0.2) is 0 Å². The standard InChI is InChI=1S/C18H16Cl2N2O3/c1-25-16-8-5-14(20)10-12(16)2-9-17(23)21-11-18(24)22-15-6-3-13(19)4-7-15/h2-10H,11H2,1H3,(H,21,23)(H,22,24)/b9-2+. The van der Waals surface area contributed by atoms with Gasteiger partial charge in [0.15, 0.2) is 0 Å². The minimum atomic E-state index is -0.409. The molecular weight excluding hydrogens is 363 g/mol. The maximum absolute atomic E-state index is 11.8. The highest BCUT2D eigenvalue weighted by Gasteiger charge is 2.05. The van der Waals surface area contributed by atoms with Crippen molar-refractivity contribution in [2.75, 3.05) is 19.0 Å². The summed E-state index contributed by atoms with van der Waals surface area (Å²) in [5.74, 6) is -0.161. The van der Waals surface area contributed by atoms with Gasteiger partial charge in [-0.15, -0.1) is 0 Å². The monoisotopic (exact) mass is 378 g/mol. The van der Waals surface area contributed by atoms with Gasteiger partial charge in [0.1, 0.15) is 5.75 Å². The third-order valence-electron chi connectivity index (χ3n) is 3.16. The molecule has 130 valence electrons. The van der Waals surface area contributed by atoms with Crippen LogP contribution in [0, 0.1) is 0 Å². The number of hydrogen-bond acceptors (Lipinski definition) is 3. The van der Waals surface area contributed by atoms with Gasteiger partial charge in [-0.3, -0.25) is 9.59 Å². The largest absolute Gasteiger partial charge is 0.496 e. The summed E-state index contributed by atoms with van der Waals surface area (Å²) >= 11 is 11.7. The zero-order valence-corrected chi connectivity index (χ0v) is 14.9. The minimum Gasteiger partial charge on any atom is -0.496 e. The molecule has 2 aromatic carbocycles. The number of hydrogen-bond donors (Lipinski definition) is 2. The lowest BCUT2D eigenvalue weighted by atomic mass is 10.2. The Morgan fingerprint density at radius 3 is 2.44 bits per heavy atom. The van der Waals surface area contributed by atoms with Gasteiger partial charge < -0.3 is 15.4 Å². The van der Waals surface area contributed by atoms with Crippen molar-refractivity contribution in [3.05, 3.63) is 64.1 Å². The van der Waals surface area contributed by atoms with Gasteiger partial charge in [-0.1, -0.05) is 23.2 Å². The Bertz CT molecular complexity index is 789. The predicted molar refractivity (Wildman–Crippen MR) is 100 cm³/mol. The van der Waals surface area contributed by atoms with Crippen LogP contribution in [0.1, 0.15) is 5.56 Å². The summed E-state index contributed by atoms with van der Waals surface area (Å²) < 4.78 is 5.19. The van der Waals surface area contributed by atoms with Gasteiger partial charge in [0, 0.05) is 27.4 Å². The Labute approximate surface area is 155 Å². The van der Waals surface area contributed by atoms with Crippen LogP contribution in [-0.4, -0.2) is 25.5 Å². The fraction of sp³-hybridized carbons (Fsp3) is 0.111. The molecule has 2 aromatic rings. The summed E-state index contributed by atoms with van der Waals surface area (Å²) in [6, 6.07) is 11.8. The van der Waals surface area contributed by atoms with Crippen molar-refractivity contribution in [2.45, 2.75) is 0 Å². The number of carbonyl (C=O) groups excluding carboxylic acids is 2. The third-order valence-corrected chi connectivity index (χ3v) is 3.64. The third kappa shape index (κ3) is 6.14. The van der Waals surface area contributed by atoms with Crippen LogP contribution < -0.4 is 15.4 Å². The SMILES string of the molecule is COc1ccc(Cl)cc1/C=C/C(=O)NCC(=O)Nc1ccc(Cl)cc1. The van der Waals surface area contributed by atoms with Crippen molar-refractivity contribution in [1.82, 2.24) is 5.32 Å². The predicted octanol–water partition coefficient (Wildman–Crippen LogP) is 3.77. The Morgan fingerprint density at radius 2 is 1.76 bits per heavy atom. The van der Waals surface area contributed by atoms with E-state index < -0.39 is 5.91 Å². The lowest BCUT2D eigenvalue weighted by molar-refractivity contribution is -0.121. The normalized spacial score (nSPS) is 10.5. The molecule has 2 amide bonds. The molecule has 0 aromatic heterocycles. The second kappa shape index (κ2) is 9.11. The zero-order chi connectivity index (χ0) is 18.2. The molecule has 0 spiro atoms. The van der Waals surface area contributed by atoms with E-state index in [1.165, 1.54) is 13.2 Å². The van der Waals surface area contributed by atoms with Crippen LogP contribution in [0.3, 0.4) is 0 Å². The summed E-state index contributed by atoms with van der Waals surface area (Å²) in [7, 11) is 1.53. The Balaban J connectivity index is 1.87. The Morgan fingerprint density at radius 1 is 1.08 bits per heavy atom. The second-order valence-corrected chi connectivity index (χ2v) is 5.87. The van der Waals surface area contributed by atoms with E-state index in [4.69, 9.17) is 27.9 Å². The van der Waals surface area contributed by atoms with E-state index in [9.17, 15) is 9.59 Å². The first-order valence-electron chi connectivity index (χ1n) is 7.33. The van der Waals surface area contributed by atoms with Gasteiger partial charge >= 0.3 is 0 Å². The molecule has 0 radical (unpaired) electrons. The molecule has 2 N–H and O–H groups in total. The average Bonchev–Trinajstić information content (AvgIpc) is 2.60. The zero-order valence-electron chi connectivity index (χ0n) is 13.4. The molecule has 0 atom stereocenters. The molecule has 0 aliphatic carbocycles. The summed E-state index contributed by atoms with van der Waals surface area (Å²) in [4.78, 5) is 23.6. The van der Waals surface area contributed by atoms with Crippen molar-refractivity contribution in [2.24, 2.45) is 0 Å². The molecule has 0 aliphatic rings. The van der Waals surface area contributed by atoms with Crippen molar-refractivity contribution in [3.8, 4) is 5.75 Å². The number of rotatable bonds is 6. The quantitative estimate of drug-likeness (QED) is 0.751. The molecule has 0 saturated heterocycles. The maximum atomic E-state index is 11.8. The molecule has 0 heterocycles. The van der Waals surface area contributed by atoms with Crippen LogP contribution in [0.2, 0.25) is 10.0 Å². The van der Waals surface area contributed by atoms with E-state index in [0.717, 1.165) is 0 Å². The molecule has 0 unspecified atom stereocenters. The minimum absolute atomic E-state index is 0.154. The molecule has 5 nitrogen and oxygen atoms in total. The summed E-state index contributed by atoms with van der Waals surface area (Å²) in [6.07, 6.45) is 2.88. The van der Waals surface area contributed by atoms with Gasteiger partial charge in [0.25, 0.3) is 0 Å². The molecule has 25 heavy (non-hydrogen) atoms. The van der Waals surface area contributed by atoms with E-state index in [2.05, 4.69) is 10.6 Å². The van der Waals surface area contributed by atoms with E-state index in [1.807, 2.05) is 0 Å². The van der Waals surface area contributed by atoms with Crippen molar-refractivity contribution >= 4 is 46.8 Å². The highest BCUT2D eigenvalue weighted by atomic mass is 35.5. The first kappa shape index (κ1) is 18.8. The number of anilines is 1. The molecule has 0 aliphatic heterocycles. The van der Waals surface area contributed by atoms with Crippen molar-refractivity contribution in [1.29, 1.82) is 0 Å². The van der Waals surface area contributed by atoms with Crippen LogP contribution in [0.25, 0.3) is 6.08 Å². The van der Waals surface area contributed by atoms with Crippen LogP contribution in [-0.2, 0) is 9.59 Å². The highest BCUT2D eigenvalue weighted by molar-refractivity contribution is 6.31. The molecule has 0 fully saturated rings. The first-order valence-corrected chi connectivity index (χ1v) is 8.08. The summed E-state index contributed by atoms with van der Waals surface area (Å²) in [5, 5.41) is 6.26. The lowest BCUT2D eigenvalue weighted by Crippen LogP contribution is -2.31. The molecule has 0 saturated carbocycles. The fourth-order valence-electron chi connectivity index (χ4n) is 1.97. The van der Waals surface area contributed by atoms with E-state index in [-0.39, 0.29) is 12.5 Å². The number of halogens is 2. The Hall–Kier alpha value is -2.50. The van der Waals surface area contributed by atoms with Crippen molar-refractivity contribution in [3.63, 3.8) is 0 Å². The maximum Gasteiger partial charge on any atom is 0.244 e. The molecule has 0 bridgehead atoms. The van der Waals surface area contributed by atoms with E-state index >= 15 is 0 Å². The summed E-state index contributed by atoms with van der Waals surface area (Å²) in [5.41, 5.74) is 1.26. The average molecular weight is 379 g/mol. The number of ether oxygens (including phenoxy) is 1. The summed E-state index contributed by atoms with van der Waals surface area (Å²) in [6.45, 7) is -0.154. The number of methoxy groups -OCH3 is 1. The lowest BCUT2D eigenvalue weighted by Gasteiger charge is -2.06. The van der Waals surface area contributed by atoms with E-state index in [0.29, 0.717) is 27.0 Å². The van der Waals surface area contributed by atoms with Gasteiger partial charge in [0.2, 0.25) is 11.8 Å². The number of amides is 2. The van der Waals surface area contributed by atoms with Crippen molar-refractivity contribution < 1.29 is 14.3 Å². The van der Waals surface area contributed by atoms with E-state index in [1.54, 1.807) is 48.5 Å². The van der Waals surface area contributed by atoms with Gasteiger partial charge in [0.05, 0.1) is 13.7 Å². The number of carbonyl (C=O) groups is 2. The molecule has 2 rings (SSSR count). The second-order valence-electron chi connectivity index (χ2n) is 4.99. The number of nitrogens with one attached hydrogen (secondary N) is 2. The van der Waals surface area contributed by atoms with Crippen LogP contribution >= 0.6 is 23.2 Å². The molecular formula is C18H16Cl2N2O3.